The van der Waals surface area contributed by atoms with Gasteiger partial charge < -0.3 is 29.7 Å². The molecular formula is C36H41N3O7. The first-order valence-electron chi connectivity index (χ1n) is 16.1. The molecule has 2 aromatic carbocycles. The molecule has 4 heterocycles. The van der Waals surface area contributed by atoms with Gasteiger partial charge in [-0.2, -0.15) is 0 Å². The fraction of sp³-hybridized carbons (Fsp3) is 0.444. The maximum absolute atomic E-state index is 15.0. The Morgan fingerprint density at radius 2 is 1.74 bits per heavy atom. The van der Waals surface area contributed by atoms with E-state index in [2.05, 4.69) is 5.32 Å². The van der Waals surface area contributed by atoms with Gasteiger partial charge in [-0.15, -0.1) is 0 Å². The summed E-state index contributed by atoms with van der Waals surface area (Å²) < 4.78 is 12.2. The molecule has 4 aliphatic heterocycles. The number of fused-ring (bicyclic) bond motifs is 2. The van der Waals surface area contributed by atoms with Crippen LogP contribution in [0.2, 0.25) is 0 Å². The van der Waals surface area contributed by atoms with Crippen LogP contribution >= 0.6 is 0 Å². The quantitative estimate of drug-likeness (QED) is 0.385. The maximum atomic E-state index is 15.0. The van der Waals surface area contributed by atoms with Gasteiger partial charge in [-0.3, -0.25) is 19.2 Å². The molecule has 5 bridgehead atoms. The number of esters is 1. The Hall–Kier alpha value is -4.28. The molecule has 7 atom stereocenters. The van der Waals surface area contributed by atoms with Crippen LogP contribution in [0.3, 0.4) is 0 Å². The molecule has 0 radical (unpaired) electrons. The van der Waals surface area contributed by atoms with Crippen molar-refractivity contribution in [2.24, 2.45) is 11.8 Å². The third-order valence-corrected chi connectivity index (χ3v) is 9.80. The van der Waals surface area contributed by atoms with E-state index in [1.807, 2.05) is 81.5 Å². The van der Waals surface area contributed by atoms with Crippen molar-refractivity contribution in [3.63, 3.8) is 0 Å². The highest BCUT2D eigenvalue weighted by Gasteiger charge is 2.73. The summed E-state index contributed by atoms with van der Waals surface area (Å²) >= 11 is 0. The van der Waals surface area contributed by atoms with Crippen molar-refractivity contribution in [3.05, 3.63) is 89.5 Å². The molecule has 0 unspecified atom stereocenters. The predicted molar refractivity (Wildman–Crippen MR) is 170 cm³/mol. The molecule has 6 rings (SSSR count). The number of hydrogen-bond acceptors (Lipinski definition) is 7. The lowest BCUT2D eigenvalue weighted by Crippen LogP contribution is -2.58. The average molecular weight is 628 g/mol. The van der Waals surface area contributed by atoms with Crippen molar-refractivity contribution in [1.29, 1.82) is 0 Å². The van der Waals surface area contributed by atoms with Crippen LogP contribution in [0.15, 0.2) is 72.8 Å². The molecule has 0 aromatic heterocycles. The fourth-order valence-electron chi connectivity index (χ4n) is 7.59. The summed E-state index contributed by atoms with van der Waals surface area (Å²) in [4.78, 5) is 59.6. The second-order valence-electron chi connectivity index (χ2n) is 12.5. The molecule has 242 valence electrons. The van der Waals surface area contributed by atoms with Gasteiger partial charge in [0.15, 0.2) is 0 Å². The lowest BCUT2D eigenvalue weighted by molar-refractivity contribution is -0.146. The molecule has 0 aliphatic carbocycles. The number of aliphatic hydroxyl groups excluding tert-OH is 1. The zero-order valence-corrected chi connectivity index (χ0v) is 26.4. The van der Waals surface area contributed by atoms with Gasteiger partial charge in [0.2, 0.25) is 11.8 Å². The number of hydrogen-bond donors (Lipinski definition) is 2. The van der Waals surface area contributed by atoms with Gasteiger partial charge in [-0.25, -0.2) is 0 Å². The minimum absolute atomic E-state index is 0.0772. The van der Waals surface area contributed by atoms with Gasteiger partial charge >= 0.3 is 5.97 Å². The number of carbonyl (C=O) groups excluding carboxylic acids is 4. The Morgan fingerprint density at radius 1 is 1.00 bits per heavy atom. The number of para-hydroxylation sites is 1. The van der Waals surface area contributed by atoms with Crippen LogP contribution in [0.4, 0.5) is 5.69 Å². The number of aryl methyl sites for hydroxylation is 2. The topological polar surface area (TPSA) is 125 Å². The van der Waals surface area contributed by atoms with Crippen molar-refractivity contribution in [3.8, 4) is 0 Å². The summed E-state index contributed by atoms with van der Waals surface area (Å²) in [6.07, 6.45) is 7.45. The molecule has 10 nitrogen and oxygen atoms in total. The van der Waals surface area contributed by atoms with Crippen LogP contribution < -0.4 is 10.2 Å². The molecule has 4 aliphatic rings. The normalized spacial score (nSPS) is 31.1. The van der Waals surface area contributed by atoms with Crippen molar-refractivity contribution in [2.45, 2.75) is 69.9 Å². The molecule has 2 aromatic rings. The summed E-state index contributed by atoms with van der Waals surface area (Å²) in [6.45, 7) is 5.48. The van der Waals surface area contributed by atoms with Crippen LogP contribution in [-0.4, -0.2) is 77.2 Å². The van der Waals surface area contributed by atoms with E-state index in [9.17, 15) is 19.5 Å². The third-order valence-electron chi connectivity index (χ3n) is 9.80. The molecular weight excluding hydrogens is 586 g/mol. The number of likely N-dealkylation sites (tertiary alicyclic amines) is 1. The van der Waals surface area contributed by atoms with E-state index in [1.54, 1.807) is 17.1 Å². The minimum atomic E-state index is -1.40. The van der Waals surface area contributed by atoms with Crippen LogP contribution in [0, 0.1) is 25.7 Å². The number of anilines is 1. The van der Waals surface area contributed by atoms with Gasteiger partial charge in [0.25, 0.3) is 5.91 Å². The van der Waals surface area contributed by atoms with E-state index in [4.69, 9.17) is 9.47 Å². The lowest BCUT2D eigenvalue weighted by atomic mass is 9.74. The Morgan fingerprint density at radius 3 is 2.43 bits per heavy atom. The van der Waals surface area contributed by atoms with E-state index in [-0.39, 0.29) is 32.1 Å². The number of benzene rings is 2. The monoisotopic (exact) mass is 627 g/mol. The highest BCUT2D eigenvalue weighted by atomic mass is 16.5. The van der Waals surface area contributed by atoms with Crippen LogP contribution in [0.25, 0.3) is 0 Å². The van der Waals surface area contributed by atoms with Gasteiger partial charge in [0, 0.05) is 18.7 Å². The third kappa shape index (κ3) is 5.33. The number of cyclic esters (lactones) is 1. The van der Waals surface area contributed by atoms with E-state index in [0.29, 0.717) is 12.8 Å². The zero-order chi connectivity index (χ0) is 32.6. The van der Waals surface area contributed by atoms with Crippen molar-refractivity contribution < 1.29 is 33.8 Å². The number of amides is 3. The Balaban J connectivity index is 1.47. The molecule has 10 heteroatoms. The van der Waals surface area contributed by atoms with E-state index >= 15 is 4.79 Å². The second-order valence-corrected chi connectivity index (χ2v) is 12.5. The zero-order valence-electron chi connectivity index (χ0n) is 26.4. The standard InChI is InChI=1S/C36H41N3O7/c1-4-25(20-40)39-32-35(44)38(31-22(2)12-11-13-23(31)3)19-10-6-9-16-28(41)45-21-26(24-14-7-5-8-15-24)37-33(42)29-27-17-18-36(32,46-27)30(29)34(39)43/h5-8,10-15,17-18,25-27,29-30,32,40H,4,9,16,19-21H2,1-3H3,(H,37,42)/b10-6-/t25-,26+,27+,29-,30-,32+,36-/m0/s1. The number of nitrogens with one attached hydrogen (secondary N) is 1. The Kier molecular flexibility index (Phi) is 8.85. The maximum Gasteiger partial charge on any atom is 0.306 e. The average Bonchev–Trinajstić information content (AvgIpc) is 3.70. The number of nitrogens with zero attached hydrogens (tertiary/aromatic N) is 2. The smallest absolute Gasteiger partial charge is 0.306 e. The largest absolute Gasteiger partial charge is 0.463 e. The summed E-state index contributed by atoms with van der Waals surface area (Å²) in [5.41, 5.74) is 1.83. The van der Waals surface area contributed by atoms with Crippen molar-refractivity contribution in [1.82, 2.24) is 10.2 Å². The summed E-state index contributed by atoms with van der Waals surface area (Å²) in [6, 6.07) is 12.6. The number of aliphatic hydroxyl groups is 1. The van der Waals surface area contributed by atoms with Gasteiger partial charge in [-0.05, 0) is 43.4 Å². The van der Waals surface area contributed by atoms with Gasteiger partial charge in [-0.1, -0.05) is 79.8 Å². The van der Waals surface area contributed by atoms with Crippen LogP contribution in [0.1, 0.15) is 48.9 Å². The Bertz CT molecular complexity index is 1550. The highest BCUT2D eigenvalue weighted by molar-refractivity contribution is 6.06. The summed E-state index contributed by atoms with van der Waals surface area (Å²) in [7, 11) is 0. The minimum Gasteiger partial charge on any atom is -0.463 e. The number of carbonyl (C=O) groups is 4. The number of rotatable bonds is 5. The summed E-state index contributed by atoms with van der Waals surface area (Å²) in [5.74, 6) is -3.50. The first kappa shape index (κ1) is 31.7. The molecule has 2 fully saturated rings. The molecule has 2 saturated heterocycles. The van der Waals surface area contributed by atoms with Crippen molar-refractivity contribution >= 4 is 29.4 Å². The van der Waals surface area contributed by atoms with Crippen LogP contribution in [0.5, 0.6) is 0 Å². The first-order valence-corrected chi connectivity index (χ1v) is 16.1. The van der Waals surface area contributed by atoms with Gasteiger partial charge in [0.1, 0.15) is 18.2 Å². The molecule has 46 heavy (non-hydrogen) atoms. The number of allylic oxidation sites excluding steroid dienone is 1. The fourth-order valence-corrected chi connectivity index (χ4v) is 7.59. The lowest BCUT2D eigenvalue weighted by Gasteiger charge is -2.39. The first-order chi connectivity index (χ1) is 22.2. The van der Waals surface area contributed by atoms with Crippen molar-refractivity contribution in [2.75, 3.05) is 24.7 Å². The molecule has 1 spiro atoms. The number of ether oxygens (including phenoxy) is 2. The predicted octanol–water partition coefficient (Wildman–Crippen LogP) is 3.31. The molecule has 2 N–H and O–H groups in total. The van der Waals surface area contributed by atoms with E-state index in [0.717, 1.165) is 22.4 Å². The van der Waals surface area contributed by atoms with Gasteiger partial charge in [0.05, 0.1) is 36.6 Å². The summed E-state index contributed by atoms with van der Waals surface area (Å²) in [5, 5.41) is 13.5. The molecule has 0 saturated carbocycles. The molecule has 3 amide bonds. The van der Waals surface area contributed by atoms with Crippen LogP contribution in [-0.2, 0) is 28.7 Å². The van der Waals surface area contributed by atoms with E-state index < -0.39 is 59.5 Å². The highest BCUT2D eigenvalue weighted by Crippen LogP contribution is 2.56. The second kappa shape index (κ2) is 12.8. The Labute approximate surface area is 269 Å². The van der Waals surface area contributed by atoms with E-state index in [1.165, 1.54) is 4.90 Å². The SMILES string of the molecule is CC[C@@H](CO)N1C(=O)[C@@H]2[C@H]3C(=O)N[C@@H](c4ccccc4)COC(=O)CC/C=C\CN(c4c(C)cccc4C)C(=O)[C@@H]1[C@]21C=C[C@H]3O1.